The summed E-state index contributed by atoms with van der Waals surface area (Å²) >= 11 is 1.88. The number of aromatic nitrogens is 1. The molecule has 3 heteroatoms. The highest BCUT2D eigenvalue weighted by Gasteiger charge is 2.43. The Balaban J connectivity index is 1.21. The second-order valence-corrected chi connectivity index (χ2v) is 13.8. The molecule has 2 unspecified atom stereocenters. The number of pyridine rings is 1. The average molecular weight is 631 g/mol. The van der Waals surface area contributed by atoms with Crippen molar-refractivity contribution in [1.82, 2.24) is 4.98 Å². The molecule has 0 spiro atoms. The van der Waals surface area contributed by atoms with E-state index in [1.54, 1.807) is 0 Å². The van der Waals surface area contributed by atoms with Crippen LogP contribution in [0.4, 0.5) is 11.4 Å². The van der Waals surface area contributed by atoms with Crippen LogP contribution in [0.1, 0.15) is 16.7 Å². The molecule has 0 radical (unpaired) electrons. The number of thiophene rings is 1. The summed E-state index contributed by atoms with van der Waals surface area (Å²) in [6.45, 7) is 0. The van der Waals surface area contributed by atoms with Crippen molar-refractivity contribution in [1.29, 1.82) is 0 Å². The Morgan fingerprint density at radius 3 is 2.17 bits per heavy atom. The Kier molecular flexibility index (Phi) is 6.21. The fraction of sp³-hybridized carbons (Fsp3) is 0.0444. The molecular weight excluding hydrogens is 601 g/mol. The van der Waals surface area contributed by atoms with Crippen molar-refractivity contribution in [3.63, 3.8) is 0 Å². The number of benzene rings is 5. The lowest BCUT2D eigenvalue weighted by Gasteiger charge is -2.46. The summed E-state index contributed by atoms with van der Waals surface area (Å²) in [6.07, 6.45) is 13.5. The van der Waals surface area contributed by atoms with Crippen molar-refractivity contribution in [3.8, 4) is 11.1 Å². The summed E-state index contributed by atoms with van der Waals surface area (Å²) in [7, 11) is 0. The van der Waals surface area contributed by atoms with E-state index in [2.05, 4.69) is 162 Å². The zero-order valence-corrected chi connectivity index (χ0v) is 26.9. The van der Waals surface area contributed by atoms with E-state index in [0.717, 1.165) is 5.56 Å². The van der Waals surface area contributed by atoms with Crippen LogP contribution >= 0.6 is 11.3 Å². The molecule has 5 aromatic carbocycles. The van der Waals surface area contributed by atoms with Crippen LogP contribution in [-0.2, 0) is 0 Å². The molecule has 3 heterocycles. The lowest BCUT2D eigenvalue weighted by Crippen LogP contribution is -2.36. The molecular formula is C45H30N2S. The summed E-state index contributed by atoms with van der Waals surface area (Å²) in [5.41, 5.74) is 13.9. The third kappa shape index (κ3) is 4.21. The van der Waals surface area contributed by atoms with E-state index in [4.69, 9.17) is 0 Å². The molecule has 10 rings (SSSR count). The maximum Gasteiger partial charge on any atom is 0.0552 e. The Labute approximate surface area is 284 Å². The fourth-order valence-corrected chi connectivity index (χ4v) is 9.13. The van der Waals surface area contributed by atoms with Gasteiger partial charge in [-0.1, -0.05) is 121 Å². The van der Waals surface area contributed by atoms with Gasteiger partial charge >= 0.3 is 0 Å². The number of hydrogen-bond donors (Lipinski definition) is 0. The van der Waals surface area contributed by atoms with Crippen molar-refractivity contribution in [2.45, 2.75) is 0 Å². The van der Waals surface area contributed by atoms with Crippen LogP contribution < -0.4 is 4.90 Å². The predicted molar refractivity (Wildman–Crippen MR) is 203 cm³/mol. The average Bonchev–Trinajstić information content (AvgIpc) is 3.55. The van der Waals surface area contributed by atoms with Crippen LogP contribution in [0.5, 0.6) is 0 Å². The van der Waals surface area contributed by atoms with Gasteiger partial charge in [0.1, 0.15) is 0 Å². The second-order valence-electron chi connectivity index (χ2n) is 12.7. The highest BCUT2D eigenvalue weighted by Crippen LogP contribution is 2.58. The molecule has 2 aromatic heterocycles. The summed E-state index contributed by atoms with van der Waals surface area (Å²) < 4.78 is 2.64. The van der Waals surface area contributed by atoms with Crippen LogP contribution in [0.3, 0.4) is 0 Å². The van der Waals surface area contributed by atoms with Crippen molar-refractivity contribution >= 4 is 59.6 Å². The highest BCUT2D eigenvalue weighted by atomic mass is 32.1. The quantitative estimate of drug-likeness (QED) is 0.192. The van der Waals surface area contributed by atoms with Gasteiger partial charge < -0.3 is 4.90 Å². The SMILES string of the molecule is C1=C(c2cccnc2)C=C2c3ccccc3N(c3cccc4sc5ccccc5c34)C3=CC=C(c4ccc(-c5ccccc5)cc4)C1C23. The van der Waals surface area contributed by atoms with Crippen LogP contribution in [0.25, 0.3) is 48.0 Å². The van der Waals surface area contributed by atoms with E-state index in [9.17, 15) is 0 Å². The molecule has 7 aromatic rings. The van der Waals surface area contributed by atoms with Crippen LogP contribution in [0.2, 0.25) is 0 Å². The third-order valence-corrected chi connectivity index (χ3v) is 11.3. The maximum atomic E-state index is 4.50. The van der Waals surface area contributed by atoms with E-state index >= 15 is 0 Å². The first-order valence-corrected chi connectivity index (χ1v) is 17.3. The first-order chi connectivity index (χ1) is 23.8. The lowest BCUT2D eigenvalue weighted by molar-refractivity contribution is 0.637. The van der Waals surface area contributed by atoms with Gasteiger partial charge in [0.05, 0.1) is 11.4 Å². The van der Waals surface area contributed by atoms with Gasteiger partial charge in [-0.05, 0) is 75.4 Å². The molecule has 0 N–H and O–H groups in total. The first kappa shape index (κ1) is 27.4. The van der Waals surface area contributed by atoms with E-state index in [-0.39, 0.29) is 11.8 Å². The number of hydrogen-bond acceptors (Lipinski definition) is 3. The number of rotatable bonds is 4. The van der Waals surface area contributed by atoms with Gasteiger partial charge in [-0.15, -0.1) is 11.3 Å². The maximum absolute atomic E-state index is 4.50. The van der Waals surface area contributed by atoms with Gasteiger partial charge in [-0.25, -0.2) is 0 Å². The Hall–Kier alpha value is -5.77. The van der Waals surface area contributed by atoms with Crippen molar-refractivity contribution in [2.75, 3.05) is 4.90 Å². The Morgan fingerprint density at radius 2 is 1.29 bits per heavy atom. The van der Waals surface area contributed by atoms with Crippen molar-refractivity contribution in [3.05, 3.63) is 193 Å². The standard InChI is InChI=1S/C45H30N2S/c1-2-10-29(11-3-1)30-19-21-31(22-20-30)34-23-24-41-44-37(34)26-33(32-12-9-25-46-28-32)27-38(44)35-13-4-6-15-39(35)47(41)40-16-8-18-43-45(40)36-14-5-7-17-42(36)48-43/h1-28,37,44H. The molecule has 226 valence electrons. The summed E-state index contributed by atoms with van der Waals surface area (Å²) in [5.74, 6) is 0.311. The topological polar surface area (TPSA) is 16.1 Å². The molecule has 0 fully saturated rings. The normalized spacial score (nSPS) is 18.0. The molecule has 0 saturated carbocycles. The van der Waals surface area contributed by atoms with Gasteiger partial charge in [-0.3, -0.25) is 4.98 Å². The Bertz CT molecular complexity index is 2500. The first-order valence-electron chi connectivity index (χ1n) is 16.5. The molecule has 0 amide bonds. The number of fused-ring (bicyclic) bond motifs is 5. The minimum atomic E-state index is 0.150. The van der Waals surface area contributed by atoms with E-state index in [0.29, 0.717) is 0 Å². The van der Waals surface area contributed by atoms with Gasteiger partial charge in [0, 0.05) is 55.7 Å². The number of anilines is 2. The van der Waals surface area contributed by atoms with Crippen molar-refractivity contribution < 1.29 is 0 Å². The number of allylic oxidation sites excluding steroid dienone is 7. The van der Waals surface area contributed by atoms with Crippen LogP contribution in [-0.4, -0.2) is 4.98 Å². The molecule has 1 aliphatic heterocycles. The molecule has 2 nitrogen and oxygen atoms in total. The van der Waals surface area contributed by atoms with Gasteiger partial charge in [0.15, 0.2) is 0 Å². The minimum absolute atomic E-state index is 0.150. The number of para-hydroxylation sites is 1. The fourth-order valence-electron chi connectivity index (χ4n) is 8.00. The van der Waals surface area contributed by atoms with Crippen LogP contribution in [0, 0.1) is 11.8 Å². The van der Waals surface area contributed by atoms with E-state index in [1.807, 2.05) is 29.8 Å². The smallest absolute Gasteiger partial charge is 0.0552 e. The monoisotopic (exact) mass is 630 g/mol. The zero-order chi connectivity index (χ0) is 31.6. The van der Waals surface area contributed by atoms with Gasteiger partial charge in [-0.2, -0.15) is 0 Å². The summed E-state index contributed by atoms with van der Waals surface area (Å²) in [4.78, 5) is 7.06. The van der Waals surface area contributed by atoms with E-state index in [1.165, 1.54) is 76.2 Å². The van der Waals surface area contributed by atoms with Gasteiger partial charge in [0.2, 0.25) is 0 Å². The second kappa shape index (κ2) is 10.9. The molecule has 2 aliphatic carbocycles. The summed E-state index contributed by atoms with van der Waals surface area (Å²) in [5, 5.41) is 2.64. The van der Waals surface area contributed by atoms with E-state index < -0.39 is 0 Å². The minimum Gasteiger partial charge on any atom is -0.312 e. The molecule has 48 heavy (non-hydrogen) atoms. The van der Waals surface area contributed by atoms with Crippen LogP contribution in [0.15, 0.2) is 176 Å². The molecule has 2 atom stereocenters. The van der Waals surface area contributed by atoms with Gasteiger partial charge in [0.25, 0.3) is 0 Å². The molecule has 0 bridgehead atoms. The van der Waals surface area contributed by atoms with Crippen molar-refractivity contribution in [2.24, 2.45) is 11.8 Å². The lowest BCUT2D eigenvalue weighted by atomic mass is 9.66. The Morgan fingerprint density at radius 1 is 0.562 bits per heavy atom. The highest BCUT2D eigenvalue weighted by molar-refractivity contribution is 7.26. The number of nitrogens with zero attached hydrogens (tertiary/aromatic N) is 2. The summed E-state index contributed by atoms with van der Waals surface area (Å²) in [6, 6.07) is 48.6. The molecule has 0 saturated heterocycles. The third-order valence-electron chi connectivity index (χ3n) is 10.1. The largest absolute Gasteiger partial charge is 0.312 e. The predicted octanol–water partition coefficient (Wildman–Crippen LogP) is 12.0. The molecule has 3 aliphatic rings. The zero-order valence-electron chi connectivity index (χ0n) is 26.1.